The summed E-state index contributed by atoms with van der Waals surface area (Å²) < 4.78 is 57.7. The summed E-state index contributed by atoms with van der Waals surface area (Å²) in [4.78, 5) is 0. The summed E-state index contributed by atoms with van der Waals surface area (Å²) >= 11 is 0. The van der Waals surface area contributed by atoms with Gasteiger partial charge in [0.25, 0.3) is 0 Å². The third-order valence-corrected chi connectivity index (χ3v) is 5.87. The molecule has 0 fully saturated rings. The van der Waals surface area contributed by atoms with Crippen LogP contribution in [0.4, 0.5) is 20.2 Å². The van der Waals surface area contributed by atoms with Gasteiger partial charge >= 0.3 is 6.61 Å². The van der Waals surface area contributed by atoms with E-state index in [-0.39, 0.29) is 11.5 Å². The highest BCUT2D eigenvalue weighted by Crippen LogP contribution is 2.38. The predicted octanol–water partition coefficient (Wildman–Crippen LogP) is 4.66. The van der Waals surface area contributed by atoms with Gasteiger partial charge in [0.05, 0.1) is 22.7 Å². The first kappa shape index (κ1) is 20.9. The molecular formula is C20H23F2N3O3S. The van der Waals surface area contributed by atoms with Crippen LogP contribution in [-0.2, 0) is 16.6 Å². The van der Waals surface area contributed by atoms with Crippen LogP contribution in [0.25, 0.3) is 22.2 Å². The number of hydrogen-bond donors (Lipinski definition) is 2. The molecule has 1 heterocycles. The van der Waals surface area contributed by atoms with Crippen LogP contribution in [0.2, 0.25) is 0 Å². The molecular weight excluding hydrogens is 400 g/mol. The van der Waals surface area contributed by atoms with Gasteiger partial charge in [-0.15, -0.1) is 0 Å². The van der Waals surface area contributed by atoms with Crippen molar-refractivity contribution in [2.75, 3.05) is 16.2 Å². The smallest absolute Gasteiger partial charge is 0.387 e. The molecule has 0 bridgehead atoms. The maximum Gasteiger partial charge on any atom is 0.387 e. The molecule has 3 N–H and O–H groups in total. The summed E-state index contributed by atoms with van der Waals surface area (Å²) in [5.41, 5.74) is 9.63. The number of anilines is 2. The summed E-state index contributed by atoms with van der Waals surface area (Å²) in [5.74, 6) is 0.0494. The number of benzene rings is 2. The number of aromatic nitrogens is 1. The Hall–Kier alpha value is -2.81. The van der Waals surface area contributed by atoms with Gasteiger partial charge in [-0.2, -0.15) is 8.78 Å². The number of halogens is 2. The van der Waals surface area contributed by atoms with Crippen molar-refractivity contribution in [1.82, 2.24) is 4.57 Å². The standard InChI is InChI=1S/C20H23F2N3O3S/c1-3-11-25-17-12-15(28-20(21)22)9-10-16(17)18(23)19(25)13-5-7-14(8-6-13)24-29(26,27)4-2/h5-10,12,20,24H,3-4,11,23H2,1-2H3. The fourth-order valence-corrected chi connectivity index (χ4v) is 3.89. The third-order valence-electron chi connectivity index (χ3n) is 4.56. The van der Waals surface area contributed by atoms with Gasteiger partial charge in [-0.05, 0) is 37.6 Å². The first-order chi connectivity index (χ1) is 13.8. The SMILES string of the molecule is CCCn1c(-c2ccc(NS(=O)(=O)CC)cc2)c(N)c2ccc(OC(F)F)cc21. The molecule has 6 nitrogen and oxygen atoms in total. The Labute approximate surface area is 168 Å². The van der Waals surface area contributed by atoms with E-state index in [0.29, 0.717) is 23.4 Å². The van der Waals surface area contributed by atoms with Crippen molar-refractivity contribution in [3.63, 3.8) is 0 Å². The molecule has 156 valence electrons. The molecule has 0 amide bonds. The molecule has 29 heavy (non-hydrogen) atoms. The van der Waals surface area contributed by atoms with Crippen molar-refractivity contribution in [3.05, 3.63) is 42.5 Å². The Kier molecular flexibility index (Phi) is 5.97. The van der Waals surface area contributed by atoms with E-state index in [1.807, 2.05) is 11.5 Å². The number of alkyl halides is 2. The summed E-state index contributed by atoms with van der Waals surface area (Å²) in [6.07, 6.45) is 0.810. The number of hydrogen-bond acceptors (Lipinski definition) is 4. The number of sulfonamides is 1. The van der Waals surface area contributed by atoms with Gasteiger partial charge in [-0.25, -0.2) is 8.42 Å². The molecule has 9 heteroatoms. The van der Waals surface area contributed by atoms with Gasteiger partial charge in [-0.1, -0.05) is 19.1 Å². The molecule has 0 atom stereocenters. The van der Waals surface area contributed by atoms with E-state index in [1.54, 1.807) is 43.3 Å². The Morgan fingerprint density at radius 1 is 1.14 bits per heavy atom. The zero-order valence-electron chi connectivity index (χ0n) is 16.2. The van der Waals surface area contributed by atoms with E-state index in [2.05, 4.69) is 9.46 Å². The van der Waals surface area contributed by atoms with Crippen molar-refractivity contribution in [3.8, 4) is 17.0 Å². The van der Waals surface area contributed by atoms with Crippen LogP contribution in [0.3, 0.4) is 0 Å². The quantitative estimate of drug-likeness (QED) is 0.552. The van der Waals surface area contributed by atoms with Gasteiger partial charge < -0.3 is 15.0 Å². The maximum absolute atomic E-state index is 12.6. The second-order valence-corrected chi connectivity index (χ2v) is 8.57. The molecule has 0 saturated heterocycles. The lowest BCUT2D eigenvalue weighted by atomic mass is 10.1. The van der Waals surface area contributed by atoms with Crippen molar-refractivity contribution in [1.29, 1.82) is 0 Å². The minimum absolute atomic E-state index is 0.0184. The third kappa shape index (κ3) is 4.45. The Morgan fingerprint density at radius 3 is 2.41 bits per heavy atom. The van der Waals surface area contributed by atoms with Crippen LogP contribution in [0.15, 0.2) is 42.5 Å². The lowest BCUT2D eigenvalue weighted by Crippen LogP contribution is -2.14. The van der Waals surface area contributed by atoms with Crippen molar-refractivity contribution >= 4 is 32.3 Å². The molecule has 0 radical (unpaired) electrons. The van der Waals surface area contributed by atoms with Gasteiger partial charge in [0.1, 0.15) is 5.75 Å². The van der Waals surface area contributed by atoms with Crippen LogP contribution >= 0.6 is 0 Å². The molecule has 0 aliphatic rings. The van der Waals surface area contributed by atoms with E-state index in [9.17, 15) is 17.2 Å². The summed E-state index contributed by atoms with van der Waals surface area (Å²) in [6.45, 7) is 1.30. The number of rotatable bonds is 8. The van der Waals surface area contributed by atoms with Crippen molar-refractivity contribution in [2.45, 2.75) is 33.4 Å². The van der Waals surface area contributed by atoms with Crippen molar-refractivity contribution in [2.24, 2.45) is 0 Å². The zero-order chi connectivity index (χ0) is 21.2. The van der Waals surface area contributed by atoms with Crippen LogP contribution < -0.4 is 15.2 Å². The number of fused-ring (bicyclic) bond motifs is 1. The maximum atomic E-state index is 12.6. The van der Waals surface area contributed by atoms with E-state index >= 15 is 0 Å². The van der Waals surface area contributed by atoms with Crippen LogP contribution in [-0.4, -0.2) is 25.3 Å². The number of ether oxygens (including phenoxy) is 1. The fourth-order valence-electron chi connectivity index (χ4n) is 3.25. The fraction of sp³-hybridized carbons (Fsp3) is 0.300. The Morgan fingerprint density at radius 2 is 1.83 bits per heavy atom. The molecule has 3 aromatic rings. The summed E-state index contributed by atoms with van der Waals surface area (Å²) in [5, 5.41) is 0.742. The average molecular weight is 423 g/mol. The lowest BCUT2D eigenvalue weighted by molar-refractivity contribution is -0.0497. The molecule has 0 aliphatic heterocycles. The number of nitrogens with zero attached hydrogens (tertiary/aromatic N) is 1. The molecule has 0 unspecified atom stereocenters. The first-order valence-corrected chi connectivity index (χ1v) is 10.9. The largest absolute Gasteiger partial charge is 0.435 e. The van der Waals surface area contributed by atoms with E-state index in [4.69, 9.17) is 5.73 Å². The van der Waals surface area contributed by atoms with E-state index in [0.717, 1.165) is 23.1 Å². The van der Waals surface area contributed by atoms with E-state index < -0.39 is 16.6 Å². The minimum Gasteiger partial charge on any atom is -0.435 e. The molecule has 1 aromatic heterocycles. The van der Waals surface area contributed by atoms with Gasteiger partial charge in [-0.3, -0.25) is 4.72 Å². The zero-order valence-corrected chi connectivity index (χ0v) is 17.0. The number of nitrogen functional groups attached to an aromatic ring is 1. The van der Waals surface area contributed by atoms with Gasteiger partial charge in [0.15, 0.2) is 0 Å². The average Bonchev–Trinajstić information content (AvgIpc) is 2.94. The highest BCUT2D eigenvalue weighted by molar-refractivity contribution is 7.92. The number of nitrogens with two attached hydrogens (primary N) is 1. The normalized spacial score (nSPS) is 11.9. The second kappa shape index (κ2) is 8.28. The lowest BCUT2D eigenvalue weighted by Gasteiger charge is -2.12. The Balaban J connectivity index is 2.08. The topological polar surface area (TPSA) is 86.4 Å². The van der Waals surface area contributed by atoms with Crippen LogP contribution in [0, 0.1) is 0 Å². The molecule has 0 saturated carbocycles. The predicted molar refractivity (Wildman–Crippen MR) is 112 cm³/mol. The highest BCUT2D eigenvalue weighted by atomic mass is 32.2. The summed E-state index contributed by atoms with van der Waals surface area (Å²) in [7, 11) is -3.37. The Bertz CT molecular complexity index is 1110. The van der Waals surface area contributed by atoms with Gasteiger partial charge in [0.2, 0.25) is 10.0 Å². The summed E-state index contributed by atoms with van der Waals surface area (Å²) in [6, 6.07) is 11.6. The molecule has 3 rings (SSSR count). The highest BCUT2D eigenvalue weighted by Gasteiger charge is 2.18. The molecule has 0 spiro atoms. The molecule has 0 aliphatic carbocycles. The monoisotopic (exact) mass is 423 g/mol. The second-order valence-electron chi connectivity index (χ2n) is 6.55. The number of nitrogens with one attached hydrogen (secondary N) is 1. The van der Waals surface area contributed by atoms with E-state index in [1.165, 1.54) is 6.07 Å². The first-order valence-electron chi connectivity index (χ1n) is 9.23. The molecule has 2 aromatic carbocycles. The van der Waals surface area contributed by atoms with Crippen molar-refractivity contribution < 1.29 is 21.9 Å². The van der Waals surface area contributed by atoms with Crippen LogP contribution in [0.1, 0.15) is 20.3 Å². The number of aryl methyl sites for hydroxylation is 1. The minimum atomic E-state index is -3.37. The van der Waals surface area contributed by atoms with Gasteiger partial charge in [0, 0.05) is 29.2 Å². The van der Waals surface area contributed by atoms with Crippen LogP contribution in [0.5, 0.6) is 5.75 Å².